The van der Waals surface area contributed by atoms with E-state index < -0.39 is 51.1 Å². The summed E-state index contributed by atoms with van der Waals surface area (Å²) in [5.41, 5.74) is 7.58. The van der Waals surface area contributed by atoms with E-state index in [9.17, 15) is 18.4 Å². The Bertz CT molecular complexity index is 1350. The number of alkyl halides is 2. The summed E-state index contributed by atoms with van der Waals surface area (Å²) < 4.78 is 26.2. The normalized spacial score (nSPS) is 18.1. The smallest absolute Gasteiger partial charge is 0.258 e. The van der Waals surface area contributed by atoms with Crippen LogP contribution < -0.4 is 16.4 Å². The van der Waals surface area contributed by atoms with Gasteiger partial charge in [-0.3, -0.25) is 9.59 Å². The second kappa shape index (κ2) is 9.26. The van der Waals surface area contributed by atoms with Gasteiger partial charge in [0.2, 0.25) is 5.91 Å². The summed E-state index contributed by atoms with van der Waals surface area (Å²) in [6.07, 6.45) is 0.679. The van der Waals surface area contributed by atoms with Crippen LogP contribution in [0.15, 0.2) is 42.6 Å². The lowest BCUT2D eigenvalue weighted by molar-refractivity contribution is -0.117. The number of rotatable bonds is 5. The summed E-state index contributed by atoms with van der Waals surface area (Å²) in [4.78, 5) is 29.2. The molecule has 0 aliphatic heterocycles. The number of amides is 2. The van der Waals surface area contributed by atoms with Crippen molar-refractivity contribution in [1.82, 2.24) is 4.98 Å². The molecule has 2 atom stereocenters. The first-order valence-corrected chi connectivity index (χ1v) is 11.5. The Kier molecular flexibility index (Phi) is 6.66. The SMILES string of the molecule is Cc1cc(C)cc(C2C(C(=O)Nc3ccc(Cl)c(C(=O)Nc4ncc(F)c(N)c4F)c3)C2(Cl)Cl)c1. The van der Waals surface area contributed by atoms with Gasteiger partial charge in [0.25, 0.3) is 5.91 Å². The molecule has 4 rings (SSSR count). The van der Waals surface area contributed by atoms with Gasteiger partial charge in [-0.05, 0) is 37.6 Å². The third-order valence-electron chi connectivity index (χ3n) is 5.66. The van der Waals surface area contributed by atoms with Crippen LogP contribution in [0, 0.1) is 31.4 Å². The van der Waals surface area contributed by atoms with E-state index in [1.807, 2.05) is 32.0 Å². The summed E-state index contributed by atoms with van der Waals surface area (Å²) in [6, 6.07) is 10.1. The van der Waals surface area contributed by atoms with Crippen LogP contribution in [0.3, 0.4) is 0 Å². The van der Waals surface area contributed by atoms with Crippen molar-refractivity contribution in [3.63, 3.8) is 0 Å². The van der Waals surface area contributed by atoms with E-state index in [-0.39, 0.29) is 16.3 Å². The number of nitrogens with zero attached hydrogens (tertiary/aromatic N) is 1. The lowest BCUT2D eigenvalue weighted by Crippen LogP contribution is -2.19. The summed E-state index contributed by atoms with van der Waals surface area (Å²) in [7, 11) is 0. The lowest BCUT2D eigenvalue weighted by Gasteiger charge is -2.11. The number of anilines is 3. The maximum Gasteiger partial charge on any atom is 0.258 e. The maximum atomic E-state index is 14.1. The quantitative estimate of drug-likeness (QED) is 0.347. The molecular weight excluding hydrogens is 521 g/mol. The van der Waals surface area contributed by atoms with Gasteiger partial charge in [0.1, 0.15) is 10.0 Å². The van der Waals surface area contributed by atoms with E-state index in [0.29, 0.717) is 6.20 Å². The van der Waals surface area contributed by atoms with Gasteiger partial charge in [-0.1, -0.05) is 40.9 Å². The number of hydrogen-bond donors (Lipinski definition) is 3. The molecule has 2 aromatic carbocycles. The van der Waals surface area contributed by atoms with Gasteiger partial charge >= 0.3 is 0 Å². The molecule has 1 heterocycles. The van der Waals surface area contributed by atoms with Crippen LogP contribution in [0.4, 0.5) is 26.0 Å². The Morgan fingerprint density at radius 1 is 1.06 bits per heavy atom. The van der Waals surface area contributed by atoms with Crippen molar-refractivity contribution in [3.05, 3.63) is 81.5 Å². The van der Waals surface area contributed by atoms with Crippen LogP contribution in [-0.4, -0.2) is 21.1 Å². The molecule has 1 saturated carbocycles. The predicted octanol–water partition coefficient (Wildman–Crippen LogP) is 5.99. The summed E-state index contributed by atoms with van der Waals surface area (Å²) in [5, 5.41) is 4.92. The van der Waals surface area contributed by atoms with Crippen LogP contribution >= 0.6 is 34.8 Å². The maximum absolute atomic E-state index is 14.1. The minimum atomic E-state index is -1.29. The third-order valence-corrected chi connectivity index (χ3v) is 6.93. The molecule has 0 bridgehead atoms. The molecule has 1 fully saturated rings. The number of aromatic nitrogens is 1. The fourth-order valence-electron chi connectivity index (χ4n) is 4.00. The van der Waals surface area contributed by atoms with Crippen LogP contribution in [0.5, 0.6) is 0 Å². The standard InChI is InChI=1S/C24H19Cl3F2N4O2/c1-10-5-11(2)7-12(6-10)17-18(24(17,26)27)23(35)32-13-3-4-15(25)14(8-13)22(34)33-21-19(29)20(30)16(28)9-31-21/h3-9,17-18H,1-2H3,(H,32,35)(H3,30,31,33,34). The molecular formula is C24H19Cl3F2N4O2. The molecule has 35 heavy (non-hydrogen) atoms. The number of halogens is 5. The Balaban J connectivity index is 1.52. The number of carbonyl (C=O) groups is 2. The van der Waals surface area contributed by atoms with E-state index in [1.54, 1.807) is 0 Å². The van der Waals surface area contributed by atoms with Crippen LogP contribution in [-0.2, 0) is 4.79 Å². The first-order valence-electron chi connectivity index (χ1n) is 10.4. The molecule has 1 aromatic heterocycles. The van der Waals surface area contributed by atoms with Gasteiger partial charge in [-0.15, -0.1) is 23.2 Å². The van der Waals surface area contributed by atoms with E-state index in [0.717, 1.165) is 16.7 Å². The molecule has 0 radical (unpaired) electrons. The number of carbonyl (C=O) groups excluding carboxylic acids is 2. The third kappa shape index (κ3) is 4.91. The zero-order valence-electron chi connectivity index (χ0n) is 18.4. The number of aryl methyl sites for hydroxylation is 2. The lowest BCUT2D eigenvalue weighted by atomic mass is 10.0. The molecule has 6 nitrogen and oxygen atoms in total. The molecule has 2 unspecified atom stereocenters. The fourth-order valence-corrected chi connectivity index (χ4v) is 5.03. The molecule has 1 aliphatic carbocycles. The highest BCUT2D eigenvalue weighted by atomic mass is 35.5. The first-order chi connectivity index (χ1) is 16.4. The van der Waals surface area contributed by atoms with Crippen molar-refractivity contribution in [1.29, 1.82) is 0 Å². The van der Waals surface area contributed by atoms with Crippen molar-refractivity contribution in [2.45, 2.75) is 24.1 Å². The van der Waals surface area contributed by atoms with Crippen molar-refractivity contribution in [3.8, 4) is 0 Å². The van der Waals surface area contributed by atoms with Crippen molar-refractivity contribution < 1.29 is 18.4 Å². The highest BCUT2D eigenvalue weighted by molar-refractivity contribution is 6.53. The van der Waals surface area contributed by atoms with Crippen LogP contribution in [0.2, 0.25) is 5.02 Å². The average Bonchev–Trinajstić information content (AvgIpc) is 3.36. The van der Waals surface area contributed by atoms with Gasteiger partial charge < -0.3 is 16.4 Å². The minimum Gasteiger partial charge on any atom is -0.394 e. The number of nitrogens with two attached hydrogens (primary N) is 1. The number of hydrogen-bond acceptors (Lipinski definition) is 4. The predicted molar refractivity (Wildman–Crippen MR) is 133 cm³/mol. The molecule has 2 amide bonds. The Morgan fingerprint density at radius 3 is 2.37 bits per heavy atom. The van der Waals surface area contributed by atoms with Crippen LogP contribution in [0.1, 0.15) is 33.0 Å². The summed E-state index contributed by atoms with van der Waals surface area (Å²) in [5.74, 6) is -5.25. The van der Waals surface area contributed by atoms with Gasteiger partial charge in [-0.25, -0.2) is 13.8 Å². The second-order valence-corrected chi connectivity index (χ2v) is 10.2. The number of nitrogen functional groups attached to an aromatic ring is 1. The van der Waals surface area contributed by atoms with Gasteiger partial charge in [0, 0.05) is 11.6 Å². The average molecular weight is 540 g/mol. The molecule has 1 aliphatic rings. The molecule has 0 spiro atoms. The van der Waals surface area contributed by atoms with Crippen molar-refractivity contribution in [2.24, 2.45) is 5.92 Å². The van der Waals surface area contributed by atoms with E-state index in [1.165, 1.54) is 18.2 Å². The van der Waals surface area contributed by atoms with Crippen molar-refractivity contribution >= 4 is 63.8 Å². The Labute approximate surface area is 214 Å². The van der Waals surface area contributed by atoms with Gasteiger partial charge in [0.15, 0.2) is 17.5 Å². The first kappa shape index (κ1) is 25.2. The molecule has 0 saturated heterocycles. The zero-order chi connectivity index (χ0) is 25.7. The van der Waals surface area contributed by atoms with E-state index in [2.05, 4.69) is 15.6 Å². The highest BCUT2D eigenvalue weighted by Gasteiger charge is 2.67. The van der Waals surface area contributed by atoms with E-state index >= 15 is 0 Å². The topological polar surface area (TPSA) is 97.1 Å². The summed E-state index contributed by atoms with van der Waals surface area (Å²) in [6.45, 7) is 3.89. The minimum absolute atomic E-state index is 0.0274. The fraction of sp³-hybridized carbons (Fsp3) is 0.208. The molecule has 182 valence electrons. The summed E-state index contributed by atoms with van der Waals surface area (Å²) >= 11 is 19.0. The van der Waals surface area contributed by atoms with Gasteiger partial charge in [0.05, 0.1) is 22.7 Å². The van der Waals surface area contributed by atoms with Gasteiger partial charge in [-0.2, -0.15) is 0 Å². The highest BCUT2D eigenvalue weighted by Crippen LogP contribution is 2.65. The number of pyridine rings is 1. The number of benzene rings is 2. The van der Waals surface area contributed by atoms with E-state index in [4.69, 9.17) is 40.5 Å². The Morgan fingerprint density at radius 2 is 1.71 bits per heavy atom. The zero-order valence-corrected chi connectivity index (χ0v) is 20.7. The van der Waals surface area contributed by atoms with Crippen LogP contribution in [0.25, 0.3) is 0 Å². The molecule has 4 N–H and O–H groups in total. The van der Waals surface area contributed by atoms with Crippen molar-refractivity contribution in [2.75, 3.05) is 16.4 Å². The number of nitrogens with one attached hydrogen (secondary N) is 2. The monoisotopic (exact) mass is 538 g/mol. The largest absolute Gasteiger partial charge is 0.394 e. The Hall–Kier alpha value is -2.94. The second-order valence-electron chi connectivity index (χ2n) is 8.37. The molecule has 11 heteroatoms. The molecule has 3 aromatic rings.